The van der Waals surface area contributed by atoms with Crippen LogP contribution in [0.5, 0.6) is 0 Å². The quantitative estimate of drug-likeness (QED) is 0.319. The zero-order chi connectivity index (χ0) is 21.6. The number of thiazole rings is 1. The largest absolute Gasteiger partial charge is 0.357 e. The first-order valence-electron chi connectivity index (χ1n) is 9.86. The fourth-order valence-electron chi connectivity index (χ4n) is 3.39. The summed E-state index contributed by atoms with van der Waals surface area (Å²) >= 11 is 3.33. The monoisotopic (exact) mass is 455 g/mol. The predicted molar refractivity (Wildman–Crippen MR) is 122 cm³/mol. The summed E-state index contributed by atoms with van der Waals surface area (Å²) in [6, 6.07) is 9.88. The molecule has 2 aromatic heterocycles. The summed E-state index contributed by atoms with van der Waals surface area (Å²) in [5.41, 5.74) is 1.62. The minimum atomic E-state index is -0.466. The highest BCUT2D eigenvalue weighted by atomic mass is 32.2. The van der Waals surface area contributed by atoms with E-state index in [1.54, 1.807) is 34.2 Å². The van der Waals surface area contributed by atoms with E-state index in [2.05, 4.69) is 21.4 Å². The van der Waals surface area contributed by atoms with Gasteiger partial charge in [0.15, 0.2) is 5.13 Å². The molecule has 1 aliphatic heterocycles. The molecule has 3 aromatic rings. The number of benzene rings is 1. The number of hydrogen-bond donors (Lipinski definition) is 1. The molecule has 160 valence electrons. The molecule has 31 heavy (non-hydrogen) atoms. The third-order valence-electron chi connectivity index (χ3n) is 4.95. The van der Waals surface area contributed by atoms with E-state index in [-0.39, 0.29) is 17.6 Å². The van der Waals surface area contributed by atoms with Crippen molar-refractivity contribution in [1.82, 2.24) is 14.9 Å². The molecule has 8 nitrogen and oxygen atoms in total. The number of anilines is 1. The summed E-state index contributed by atoms with van der Waals surface area (Å²) in [7, 11) is 0. The smallest absolute Gasteiger partial charge is 0.269 e. The molecule has 4 rings (SSSR count). The number of pyridine rings is 1. The van der Waals surface area contributed by atoms with Crippen molar-refractivity contribution in [2.75, 3.05) is 18.4 Å². The van der Waals surface area contributed by atoms with E-state index < -0.39 is 4.92 Å². The first-order valence-corrected chi connectivity index (χ1v) is 11.7. The molecular formula is C21H21N5O3S2. The number of aromatic nitrogens is 2. The Morgan fingerprint density at radius 1 is 1.29 bits per heavy atom. The number of piperidine rings is 1. The average molecular weight is 456 g/mol. The van der Waals surface area contributed by atoms with Crippen molar-refractivity contribution in [3.8, 4) is 0 Å². The molecule has 0 spiro atoms. The number of nitro groups is 1. The Kier molecular flexibility index (Phi) is 6.78. The molecule has 0 radical (unpaired) electrons. The zero-order valence-corrected chi connectivity index (χ0v) is 18.3. The Balaban J connectivity index is 1.32. The standard InChI is InChI=1S/C21H21N5O3S2/c27-20(16-5-7-18(8-6-16)26(28)29)25-10-2-4-17(13-25)24-21-23-12-19(31-21)30-14-15-3-1-9-22-11-15/h1,3,5-9,11-12,17H,2,4,10,13-14H2,(H,23,24)/t17-/m1/s1. The molecule has 1 atom stereocenters. The molecule has 1 saturated heterocycles. The van der Waals surface area contributed by atoms with Crippen LogP contribution in [0.15, 0.2) is 59.2 Å². The van der Waals surface area contributed by atoms with Crippen LogP contribution in [0.25, 0.3) is 0 Å². The number of rotatable bonds is 7. The zero-order valence-electron chi connectivity index (χ0n) is 16.6. The molecule has 0 aliphatic carbocycles. The van der Waals surface area contributed by atoms with Gasteiger partial charge in [0.1, 0.15) is 0 Å². The van der Waals surface area contributed by atoms with Gasteiger partial charge in [-0.1, -0.05) is 17.4 Å². The lowest BCUT2D eigenvalue weighted by Gasteiger charge is -2.33. The molecule has 0 saturated carbocycles. The van der Waals surface area contributed by atoms with Crippen LogP contribution in [0.3, 0.4) is 0 Å². The highest BCUT2D eigenvalue weighted by Crippen LogP contribution is 2.31. The second-order valence-corrected chi connectivity index (χ2v) is 9.48. The van der Waals surface area contributed by atoms with Gasteiger partial charge in [-0.15, -0.1) is 11.8 Å². The summed E-state index contributed by atoms with van der Waals surface area (Å²) in [4.78, 5) is 33.6. The Labute approximate surface area is 187 Å². The van der Waals surface area contributed by atoms with Gasteiger partial charge in [0.05, 0.1) is 15.3 Å². The van der Waals surface area contributed by atoms with Crippen LogP contribution < -0.4 is 5.32 Å². The number of likely N-dealkylation sites (tertiary alicyclic amines) is 1. The van der Waals surface area contributed by atoms with Gasteiger partial charge in [-0.25, -0.2) is 4.98 Å². The molecule has 1 fully saturated rings. The van der Waals surface area contributed by atoms with E-state index in [9.17, 15) is 14.9 Å². The van der Waals surface area contributed by atoms with Crippen LogP contribution in [0, 0.1) is 10.1 Å². The van der Waals surface area contributed by atoms with Gasteiger partial charge in [0.25, 0.3) is 11.6 Å². The van der Waals surface area contributed by atoms with Gasteiger partial charge in [-0.2, -0.15) is 0 Å². The van der Waals surface area contributed by atoms with E-state index in [1.165, 1.54) is 29.8 Å². The van der Waals surface area contributed by atoms with Crippen LogP contribution in [-0.4, -0.2) is 44.8 Å². The highest BCUT2D eigenvalue weighted by molar-refractivity contribution is 8.00. The minimum absolute atomic E-state index is 0.0179. The number of thioether (sulfide) groups is 1. The first-order chi connectivity index (χ1) is 15.1. The van der Waals surface area contributed by atoms with Crippen LogP contribution in [0.2, 0.25) is 0 Å². The maximum atomic E-state index is 12.8. The molecule has 0 unspecified atom stereocenters. The van der Waals surface area contributed by atoms with Crippen LogP contribution in [-0.2, 0) is 5.75 Å². The number of hydrogen-bond acceptors (Lipinski definition) is 8. The normalized spacial score (nSPS) is 16.1. The number of amides is 1. The Morgan fingerprint density at radius 3 is 2.87 bits per heavy atom. The average Bonchev–Trinajstić information content (AvgIpc) is 3.25. The number of nitrogens with one attached hydrogen (secondary N) is 1. The van der Waals surface area contributed by atoms with Crippen molar-refractivity contribution in [3.05, 3.63) is 76.2 Å². The van der Waals surface area contributed by atoms with Crippen molar-refractivity contribution in [2.45, 2.75) is 28.8 Å². The summed E-state index contributed by atoms with van der Waals surface area (Å²) in [5, 5.41) is 15.1. The van der Waals surface area contributed by atoms with E-state index in [4.69, 9.17) is 0 Å². The third kappa shape index (κ3) is 5.59. The van der Waals surface area contributed by atoms with Crippen LogP contribution in [0.4, 0.5) is 10.8 Å². The van der Waals surface area contributed by atoms with Crippen molar-refractivity contribution in [1.29, 1.82) is 0 Å². The van der Waals surface area contributed by atoms with E-state index in [0.29, 0.717) is 18.7 Å². The SMILES string of the molecule is O=C(c1ccc([N+](=O)[O-])cc1)N1CCC[C@@H](Nc2ncc(SCc3cccnc3)s2)C1. The van der Waals surface area contributed by atoms with Gasteiger partial charge < -0.3 is 10.2 Å². The van der Waals surface area contributed by atoms with Crippen molar-refractivity contribution in [2.24, 2.45) is 0 Å². The number of carbonyl (C=O) groups excluding carboxylic acids is 1. The summed E-state index contributed by atoms with van der Waals surface area (Å²) < 4.78 is 1.13. The minimum Gasteiger partial charge on any atom is -0.357 e. The molecule has 10 heteroatoms. The second kappa shape index (κ2) is 9.88. The summed E-state index contributed by atoms with van der Waals surface area (Å²) in [6.07, 6.45) is 7.36. The van der Waals surface area contributed by atoms with Gasteiger partial charge in [0, 0.05) is 55.0 Å². The Morgan fingerprint density at radius 2 is 2.13 bits per heavy atom. The van der Waals surface area contributed by atoms with Gasteiger partial charge >= 0.3 is 0 Å². The molecule has 1 aliphatic rings. The van der Waals surface area contributed by atoms with Crippen LogP contribution in [0.1, 0.15) is 28.8 Å². The Hall–Kier alpha value is -2.98. The lowest BCUT2D eigenvalue weighted by atomic mass is 10.0. The number of carbonyl (C=O) groups is 1. The number of nitro benzene ring substituents is 1. The molecule has 0 bridgehead atoms. The third-order valence-corrected chi connectivity index (χ3v) is 7.14. The second-order valence-electron chi connectivity index (χ2n) is 7.17. The maximum Gasteiger partial charge on any atom is 0.269 e. The highest BCUT2D eigenvalue weighted by Gasteiger charge is 2.25. The van der Waals surface area contributed by atoms with E-state index >= 15 is 0 Å². The number of nitrogens with zero attached hydrogens (tertiary/aromatic N) is 4. The van der Waals surface area contributed by atoms with Gasteiger partial charge in [0.2, 0.25) is 0 Å². The van der Waals surface area contributed by atoms with Crippen molar-refractivity contribution < 1.29 is 9.72 Å². The van der Waals surface area contributed by atoms with Gasteiger partial charge in [-0.3, -0.25) is 19.9 Å². The summed E-state index contributed by atoms with van der Waals surface area (Å²) in [6.45, 7) is 1.26. The Bertz CT molecular complexity index is 1040. The van der Waals surface area contributed by atoms with Crippen LogP contribution >= 0.6 is 23.1 Å². The number of non-ortho nitro benzene ring substituents is 1. The lowest BCUT2D eigenvalue weighted by molar-refractivity contribution is -0.384. The molecule has 3 heterocycles. The predicted octanol–water partition coefficient (Wildman–Crippen LogP) is 4.46. The maximum absolute atomic E-state index is 12.8. The van der Waals surface area contributed by atoms with Crippen molar-refractivity contribution >= 4 is 39.8 Å². The van der Waals surface area contributed by atoms with Crippen molar-refractivity contribution in [3.63, 3.8) is 0 Å². The molecule has 1 amide bonds. The van der Waals surface area contributed by atoms with Gasteiger partial charge in [-0.05, 0) is 36.6 Å². The summed E-state index contributed by atoms with van der Waals surface area (Å²) in [5.74, 6) is 0.740. The van der Waals surface area contributed by atoms with E-state index in [0.717, 1.165) is 27.9 Å². The van der Waals surface area contributed by atoms with E-state index in [1.807, 2.05) is 18.5 Å². The fourth-order valence-corrected chi connectivity index (χ4v) is 5.28. The fraction of sp³-hybridized carbons (Fsp3) is 0.286. The molecule has 1 aromatic carbocycles. The molecular weight excluding hydrogens is 434 g/mol. The first kappa shape index (κ1) is 21.3. The topological polar surface area (TPSA) is 101 Å². The lowest BCUT2D eigenvalue weighted by Crippen LogP contribution is -2.45. The molecule has 1 N–H and O–H groups in total.